The van der Waals surface area contributed by atoms with E-state index in [4.69, 9.17) is 9.47 Å². The Kier molecular flexibility index (Phi) is 2.87. The van der Waals surface area contributed by atoms with Gasteiger partial charge in [-0.25, -0.2) is 0 Å². The maximum Gasteiger partial charge on any atom is 0.161 e. The van der Waals surface area contributed by atoms with Gasteiger partial charge in [0.2, 0.25) is 0 Å². The number of nitriles is 1. The van der Waals surface area contributed by atoms with Crippen molar-refractivity contribution < 1.29 is 9.47 Å². The van der Waals surface area contributed by atoms with Gasteiger partial charge in [0.1, 0.15) is 5.54 Å². The van der Waals surface area contributed by atoms with Gasteiger partial charge in [-0.15, -0.1) is 0 Å². The van der Waals surface area contributed by atoms with Crippen molar-refractivity contribution in [3.05, 3.63) is 23.3 Å². The number of methoxy groups -OCH3 is 2. The fourth-order valence-electron chi connectivity index (χ4n) is 3.44. The van der Waals surface area contributed by atoms with Crippen molar-refractivity contribution >= 4 is 0 Å². The van der Waals surface area contributed by atoms with Gasteiger partial charge in [0.05, 0.1) is 20.3 Å². The van der Waals surface area contributed by atoms with Gasteiger partial charge in [-0.3, -0.25) is 4.90 Å². The van der Waals surface area contributed by atoms with Crippen LogP contribution in [0.3, 0.4) is 0 Å². The van der Waals surface area contributed by atoms with Crippen molar-refractivity contribution in [3.63, 3.8) is 0 Å². The minimum Gasteiger partial charge on any atom is -0.493 e. The fourth-order valence-corrected chi connectivity index (χ4v) is 3.44. The molecule has 2 heterocycles. The maximum atomic E-state index is 9.73. The van der Waals surface area contributed by atoms with E-state index in [0.29, 0.717) is 5.75 Å². The summed E-state index contributed by atoms with van der Waals surface area (Å²) in [5.41, 5.74) is 1.88. The van der Waals surface area contributed by atoms with E-state index in [1.54, 1.807) is 14.2 Å². The van der Waals surface area contributed by atoms with E-state index in [0.717, 1.165) is 43.7 Å². The molecule has 0 N–H and O–H groups in total. The molecule has 0 saturated carbocycles. The molecule has 0 unspecified atom stereocenters. The summed E-state index contributed by atoms with van der Waals surface area (Å²) in [7, 11) is 3.29. The normalized spacial score (nSPS) is 25.3. The van der Waals surface area contributed by atoms with Gasteiger partial charge < -0.3 is 9.47 Å². The second-order valence-corrected chi connectivity index (χ2v) is 5.18. The molecule has 1 saturated heterocycles. The van der Waals surface area contributed by atoms with Gasteiger partial charge in [0.15, 0.2) is 11.5 Å². The van der Waals surface area contributed by atoms with E-state index < -0.39 is 5.54 Å². The molecule has 100 valence electrons. The molecule has 1 aromatic carbocycles. The summed E-state index contributed by atoms with van der Waals surface area (Å²) in [4.78, 5) is 2.31. The molecule has 4 heteroatoms. The lowest BCUT2D eigenvalue weighted by Crippen LogP contribution is -2.45. The molecular formula is C15H18N2O2. The van der Waals surface area contributed by atoms with Crippen LogP contribution < -0.4 is 9.47 Å². The number of rotatable bonds is 2. The first-order valence-corrected chi connectivity index (χ1v) is 6.67. The van der Waals surface area contributed by atoms with Crippen LogP contribution in [-0.4, -0.2) is 32.2 Å². The Morgan fingerprint density at radius 1 is 1.21 bits per heavy atom. The van der Waals surface area contributed by atoms with E-state index in [9.17, 15) is 5.26 Å². The Bertz CT molecular complexity index is 550. The quantitative estimate of drug-likeness (QED) is 0.814. The van der Waals surface area contributed by atoms with Crippen LogP contribution in [0.4, 0.5) is 0 Å². The van der Waals surface area contributed by atoms with Crippen molar-refractivity contribution in [3.8, 4) is 17.6 Å². The third-order valence-electron chi connectivity index (χ3n) is 4.40. The topological polar surface area (TPSA) is 45.5 Å². The van der Waals surface area contributed by atoms with Crippen molar-refractivity contribution in [1.82, 2.24) is 4.90 Å². The zero-order valence-electron chi connectivity index (χ0n) is 11.4. The Morgan fingerprint density at radius 2 is 1.95 bits per heavy atom. The first-order valence-electron chi connectivity index (χ1n) is 6.67. The van der Waals surface area contributed by atoms with Crippen molar-refractivity contribution in [2.45, 2.75) is 24.8 Å². The summed E-state index contributed by atoms with van der Waals surface area (Å²) >= 11 is 0. The molecule has 0 amide bonds. The highest BCUT2D eigenvalue weighted by Crippen LogP contribution is 2.46. The van der Waals surface area contributed by atoms with Crippen LogP contribution in [0.25, 0.3) is 0 Å². The highest BCUT2D eigenvalue weighted by Gasteiger charge is 2.46. The van der Waals surface area contributed by atoms with Crippen LogP contribution in [0.1, 0.15) is 24.0 Å². The lowest BCUT2D eigenvalue weighted by molar-refractivity contribution is 0.178. The average molecular weight is 258 g/mol. The third-order valence-corrected chi connectivity index (χ3v) is 4.40. The summed E-state index contributed by atoms with van der Waals surface area (Å²) in [6.45, 7) is 1.97. The fraction of sp³-hybridized carbons (Fsp3) is 0.533. The Labute approximate surface area is 113 Å². The molecule has 0 aromatic heterocycles. The minimum atomic E-state index is -0.451. The SMILES string of the molecule is COc1cc2c(cc1OC)[C@@]1(C#N)CCCN1CC2. The summed E-state index contributed by atoms with van der Waals surface area (Å²) < 4.78 is 10.7. The summed E-state index contributed by atoms with van der Waals surface area (Å²) in [6, 6.07) is 6.58. The first kappa shape index (κ1) is 12.3. The van der Waals surface area contributed by atoms with E-state index in [2.05, 4.69) is 11.0 Å². The summed E-state index contributed by atoms with van der Waals surface area (Å²) in [5.74, 6) is 1.46. The Balaban J connectivity index is 2.18. The van der Waals surface area contributed by atoms with Crippen LogP contribution in [0.15, 0.2) is 12.1 Å². The Hall–Kier alpha value is -1.73. The molecular weight excluding hydrogens is 240 g/mol. The number of hydrogen-bond acceptors (Lipinski definition) is 4. The zero-order valence-corrected chi connectivity index (χ0v) is 11.4. The molecule has 0 aliphatic carbocycles. The lowest BCUT2D eigenvalue weighted by Gasteiger charge is -2.39. The Morgan fingerprint density at radius 3 is 2.63 bits per heavy atom. The molecule has 1 fully saturated rings. The van der Waals surface area contributed by atoms with Gasteiger partial charge in [-0.05, 0) is 42.5 Å². The first-order chi connectivity index (χ1) is 9.25. The van der Waals surface area contributed by atoms with Gasteiger partial charge in [0, 0.05) is 13.1 Å². The standard InChI is InChI=1S/C15H18N2O2/c1-18-13-8-11-4-7-17-6-3-5-15(17,10-16)12(11)9-14(13)19-2/h8-9H,3-7H2,1-2H3/t15-/m0/s1. The second-order valence-electron chi connectivity index (χ2n) is 5.18. The molecule has 1 atom stereocenters. The smallest absolute Gasteiger partial charge is 0.161 e. The van der Waals surface area contributed by atoms with Gasteiger partial charge in [-0.1, -0.05) is 0 Å². The van der Waals surface area contributed by atoms with Gasteiger partial charge >= 0.3 is 0 Å². The number of hydrogen-bond donors (Lipinski definition) is 0. The molecule has 0 radical (unpaired) electrons. The van der Waals surface area contributed by atoms with Crippen LogP contribution in [-0.2, 0) is 12.0 Å². The molecule has 0 spiro atoms. The van der Waals surface area contributed by atoms with Crippen LogP contribution in [0.5, 0.6) is 11.5 Å². The van der Waals surface area contributed by atoms with Crippen LogP contribution in [0, 0.1) is 11.3 Å². The predicted octanol–water partition coefficient (Wildman–Crippen LogP) is 2.07. The largest absolute Gasteiger partial charge is 0.493 e. The molecule has 4 nitrogen and oxygen atoms in total. The van der Waals surface area contributed by atoms with E-state index in [1.165, 1.54) is 5.56 Å². The predicted molar refractivity (Wildman–Crippen MR) is 71.3 cm³/mol. The summed E-state index contributed by atoms with van der Waals surface area (Å²) in [6.07, 6.45) is 2.96. The molecule has 1 aromatic rings. The number of ether oxygens (including phenoxy) is 2. The monoisotopic (exact) mass is 258 g/mol. The molecule has 0 bridgehead atoms. The molecule has 19 heavy (non-hydrogen) atoms. The number of benzene rings is 1. The van der Waals surface area contributed by atoms with E-state index in [1.807, 2.05) is 12.1 Å². The van der Waals surface area contributed by atoms with Crippen molar-refractivity contribution in [2.24, 2.45) is 0 Å². The highest BCUT2D eigenvalue weighted by molar-refractivity contribution is 5.53. The maximum absolute atomic E-state index is 9.73. The van der Waals surface area contributed by atoms with E-state index >= 15 is 0 Å². The molecule has 2 aliphatic rings. The number of fused-ring (bicyclic) bond motifs is 3. The van der Waals surface area contributed by atoms with Crippen molar-refractivity contribution in [2.75, 3.05) is 27.3 Å². The average Bonchev–Trinajstić information content (AvgIpc) is 2.90. The highest BCUT2D eigenvalue weighted by atomic mass is 16.5. The third kappa shape index (κ3) is 1.62. The zero-order chi connectivity index (χ0) is 13.5. The van der Waals surface area contributed by atoms with Crippen molar-refractivity contribution in [1.29, 1.82) is 5.26 Å². The second kappa shape index (κ2) is 4.43. The van der Waals surface area contributed by atoms with Crippen LogP contribution in [0.2, 0.25) is 0 Å². The minimum absolute atomic E-state index is 0.451. The van der Waals surface area contributed by atoms with Crippen LogP contribution >= 0.6 is 0 Å². The molecule has 2 aliphatic heterocycles. The number of nitrogens with zero attached hydrogens (tertiary/aromatic N) is 2. The van der Waals surface area contributed by atoms with Gasteiger partial charge in [-0.2, -0.15) is 5.26 Å². The lowest BCUT2D eigenvalue weighted by atomic mass is 9.81. The van der Waals surface area contributed by atoms with Gasteiger partial charge in [0.25, 0.3) is 0 Å². The molecule has 3 rings (SSSR count). The van der Waals surface area contributed by atoms with E-state index in [-0.39, 0.29) is 0 Å². The summed E-state index contributed by atoms with van der Waals surface area (Å²) in [5, 5.41) is 9.73.